The molecule has 1 aliphatic heterocycles. The Morgan fingerprint density at radius 3 is 3.20 bits per heavy atom. The number of hydrogen-bond donors (Lipinski definition) is 2. The molecule has 0 amide bonds. The number of thioether (sulfide) groups is 1. The molecule has 0 saturated carbocycles. The second-order valence-corrected chi connectivity index (χ2v) is 4.80. The van der Waals surface area contributed by atoms with E-state index < -0.39 is 0 Å². The summed E-state index contributed by atoms with van der Waals surface area (Å²) < 4.78 is 0. The third-order valence-corrected chi connectivity index (χ3v) is 3.75. The Labute approximate surface area is 91.1 Å². The van der Waals surface area contributed by atoms with Gasteiger partial charge in [-0.2, -0.15) is 0 Å². The van der Waals surface area contributed by atoms with Crippen molar-refractivity contribution >= 4 is 22.9 Å². The van der Waals surface area contributed by atoms with Crippen molar-refractivity contribution in [1.29, 1.82) is 0 Å². The molecule has 0 aromatic carbocycles. The van der Waals surface area contributed by atoms with Crippen LogP contribution in [0.3, 0.4) is 0 Å². The minimum Gasteiger partial charge on any atom is -0.341 e. The summed E-state index contributed by atoms with van der Waals surface area (Å²) in [4.78, 5) is 15.6. The molecule has 78 valence electrons. The Morgan fingerprint density at radius 1 is 1.33 bits per heavy atom. The van der Waals surface area contributed by atoms with Crippen molar-refractivity contribution in [3.05, 3.63) is 12.7 Å². The largest absolute Gasteiger partial charge is 0.341 e. The van der Waals surface area contributed by atoms with E-state index in [0.717, 1.165) is 29.3 Å². The molecule has 3 heterocycles. The molecule has 0 spiro atoms. The average molecular weight is 221 g/mol. The molecule has 15 heavy (non-hydrogen) atoms. The maximum atomic E-state index is 4.30. The van der Waals surface area contributed by atoms with Gasteiger partial charge in [-0.1, -0.05) is 11.8 Å². The summed E-state index contributed by atoms with van der Waals surface area (Å²) >= 11 is 1.80. The fourth-order valence-corrected chi connectivity index (χ4v) is 2.85. The second-order valence-electron chi connectivity index (χ2n) is 3.51. The quantitative estimate of drug-likeness (QED) is 0.734. The number of nitrogens with zero attached hydrogens (tertiary/aromatic N) is 3. The van der Waals surface area contributed by atoms with Crippen LogP contribution in [0.5, 0.6) is 0 Å². The second kappa shape index (κ2) is 3.79. The number of aromatic amines is 1. The molecule has 1 unspecified atom stereocenters. The maximum Gasteiger partial charge on any atom is 0.181 e. The molecule has 5 nitrogen and oxygen atoms in total. The first kappa shape index (κ1) is 9.11. The highest BCUT2D eigenvalue weighted by atomic mass is 32.2. The summed E-state index contributed by atoms with van der Waals surface area (Å²) in [5.74, 6) is 0. The van der Waals surface area contributed by atoms with Crippen molar-refractivity contribution in [3.63, 3.8) is 0 Å². The lowest BCUT2D eigenvalue weighted by molar-refractivity contribution is 0.858. The van der Waals surface area contributed by atoms with Crippen LogP contribution < -0.4 is 5.32 Å². The minimum atomic E-state index is 0.617. The van der Waals surface area contributed by atoms with Gasteiger partial charge in [0, 0.05) is 11.8 Å². The van der Waals surface area contributed by atoms with Crippen LogP contribution in [0.15, 0.2) is 17.7 Å². The molecule has 0 aliphatic carbocycles. The van der Waals surface area contributed by atoms with E-state index in [9.17, 15) is 0 Å². The van der Waals surface area contributed by atoms with Crippen LogP contribution in [0.25, 0.3) is 11.2 Å². The monoisotopic (exact) mass is 221 g/mol. The van der Waals surface area contributed by atoms with Gasteiger partial charge >= 0.3 is 0 Å². The molecule has 3 rings (SSSR count). The fraction of sp³-hybridized carbons (Fsp3) is 0.444. The normalized spacial score (nSPS) is 21.2. The van der Waals surface area contributed by atoms with Crippen molar-refractivity contribution in [2.45, 2.75) is 16.7 Å². The van der Waals surface area contributed by atoms with Crippen molar-refractivity contribution in [1.82, 2.24) is 25.3 Å². The van der Waals surface area contributed by atoms with Gasteiger partial charge in [0.15, 0.2) is 5.65 Å². The summed E-state index contributed by atoms with van der Waals surface area (Å²) in [5.41, 5.74) is 1.70. The van der Waals surface area contributed by atoms with E-state index in [0.29, 0.717) is 5.25 Å². The van der Waals surface area contributed by atoms with Gasteiger partial charge in [-0.15, -0.1) is 0 Å². The van der Waals surface area contributed by atoms with Crippen molar-refractivity contribution in [3.8, 4) is 0 Å². The number of rotatable bonds is 2. The number of aromatic nitrogens is 4. The Bertz CT molecular complexity index is 462. The topological polar surface area (TPSA) is 66.5 Å². The van der Waals surface area contributed by atoms with Crippen molar-refractivity contribution < 1.29 is 0 Å². The molecule has 1 atom stereocenters. The van der Waals surface area contributed by atoms with E-state index in [4.69, 9.17) is 0 Å². The van der Waals surface area contributed by atoms with Gasteiger partial charge < -0.3 is 10.3 Å². The fourth-order valence-electron chi connectivity index (χ4n) is 1.72. The summed E-state index contributed by atoms with van der Waals surface area (Å²) in [6.45, 7) is 2.17. The summed E-state index contributed by atoms with van der Waals surface area (Å²) in [6, 6.07) is 0. The van der Waals surface area contributed by atoms with Crippen LogP contribution in [0.2, 0.25) is 0 Å². The highest BCUT2D eigenvalue weighted by Crippen LogP contribution is 2.28. The Kier molecular flexibility index (Phi) is 2.30. The average Bonchev–Trinajstić information content (AvgIpc) is 2.87. The molecule has 2 aromatic heterocycles. The highest BCUT2D eigenvalue weighted by molar-refractivity contribution is 8.00. The van der Waals surface area contributed by atoms with Crippen LogP contribution in [-0.2, 0) is 0 Å². The van der Waals surface area contributed by atoms with Crippen LogP contribution >= 0.6 is 11.8 Å². The molecule has 0 bridgehead atoms. The Balaban J connectivity index is 1.92. The van der Waals surface area contributed by atoms with Gasteiger partial charge in [0.25, 0.3) is 0 Å². The van der Waals surface area contributed by atoms with Crippen LogP contribution in [0.4, 0.5) is 0 Å². The smallest absolute Gasteiger partial charge is 0.181 e. The lowest BCUT2D eigenvalue weighted by atomic mass is 10.4. The van der Waals surface area contributed by atoms with E-state index in [1.54, 1.807) is 24.4 Å². The lowest BCUT2D eigenvalue weighted by Gasteiger charge is -2.06. The Hall–Kier alpha value is -1.14. The molecule has 1 aliphatic rings. The van der Waals surface area contributed by atoms with Gasteiger partial charge in [-0.3, -0.25) is 0 Å². The molecular weight excluding hydrogens is 210 g/mol. The van der Waals surface area contributed by atoms with E-state index in [1.165, 1.54) is 6.42 Å². The lowest BCUT2D eigenvalue weighted by Crippen LogP contribution is -2.10. The molecule has 1 fully saturated rings. The zero-order valence-electron chi connectivity index (χ0n) is 8.10. The zero-order chi connectivity index (χ0) is 10.1. The molecule has 2 aromatic rings. The van der Waals surface area contributed by atoms with E-state index in [-0.39, 0.29) is 0 Å². The van der Waals surface area contributed by atoms with E-state index in [1.807, 2.05) is 0 Å². The van der Waals surface area contributed by atoms with Gasteiger partial charge in [0.05, 0.1) is 6.33 Å². The van der Waals surface area contributed by atoms with E-state index >= 15 is 0 Å². The number of hydrogen-bond acceptors (Lipinski definition) is 5. The van der Waals surface area contributed by atoms with Gasteiger partial charge in [-0.25, -0.2) is 15.0 Å². The Morgan fingerprint density at radius 2 is 2.33 bits per heavy atom. The van der Waals surface area contributed by atoms with Crippen LogP contribution in [0.1, 0.15) is 6.42 Å². The number of H-pyrrole nitrogens is 1. The summed E-state index contributed by atoms with van der Waals surface area (Å²) in [6.07, 6.45) is 4.44. The zero-order valence-corrected chi connectivity index (χ0v) is 8.92. The SMILES string of the molecule is c1nc(SC2CCNC2)c2[nH]cnc2n1. The van der Waals surface area contributed by atoms with Gasteiger partial charge in [0.1, 0.15) is 16.9 Å². The summed E-state index contributed by atoms with van der Waals surface area (Å²) in [7, 11) is 0. The number of imidazole rings is 1. The highest BCUT2D eigenvalue weighted by Gasteiger charge is 2.18. The van der Waals surface area contributed by atoms with Crippen molar-refractivity contribution in [2.24, 2.45) is 0 Å². The molecule has 2 N–H and O–H groups in total. The predicted octanol–water partition coefficient (Wildman–Crippen LogP) is 0.807. The summed E-state index contributed by atoms with van der Waals surface area (Å²) in [5, 5.41) is 4.97. The first-order valence-electron chi connectivity index (χ1n) is 4.95. The molecule has 0 radical (unpaired) electrons. The molecule has 1 saturated heterocycles. The van der Waals surface area contributed by atoms with Gasteiger partial charge in [-0.05, 0) is 13.0 Å². The van der Waals surface area contributed by atoms with Gasteiger partial charge in [0.2, 0.25) is 0 Å². The standard InChI is InChI=1S/C9H11N5S/c1-2-10-3-6(1)15-9-7-8(12-4-11-7)13-5-14-9/h4-6,10H,1-3H2,(H,11,12,13,14). The minimum absolute atomic E-state index is 0.617. The molecule has 6 heteroatoms. The number of fused-ring (bicyclic) bond motifs is 1. The molecular formula is C9H11N5S. The first-order valence-corrected chi connectivity index (χ1v) is 5.83. The van der Waals surface area contributed by atoms with Crippen LogP contribution in [0, 0.1) is 0 Å². The maximum absolute atomic E-state index is 4.30. The predicted molar refractivity (Wildman–Crippen MR) is 58.8 cm³/mol. The first-order chi connectivity index (χ1) is 7.43. The number of nitrogens with one attached hydrogen (secondary N) is 2. The van der Waals surface area contributed by atoms with Crippen LogP contribution in [-0.4, -0.2) is 38.3 Å². The third kappa shape index (κ3) is 1.70. The van der Waals surface area contributed by atoms with Crippen molar-refractivity contribution in [2.75, 3.05) is 13.1 Å². The third-order valence-electron chi connectivity index (χ3n) is 2.48. The van der Waals surface area contributed by atoms with E-state index in [2.05, 4.69) is 25.3 Å².